The first kappa shape index (κ1) is 14.5. The highest BCUT2D eigenvalue weighted by Gasteiger charge is 2.27. The molecule has 4 nitrogen and oxygen atoms in total. The lowest BCUT2D eigenvalue weighted by Crippen LogP contribution is -2.47. The third-order valence-corrected chi connectivity index (χ3v) is 3.15. The molecule has 2 N–H and O–H groups in total. The lowest BCUT2D eigenvalue weighted by atomic mass is 9.96. The Bertz CT molecular complexity index is 236. The Morgan fingerprint density at radius 2 is 2.29 bits per heavy atom. The van der Waals surface area contributed by atoms with Crippen molar-refractivity contribution in [1.82, 2.24) is 10.6 Å². The molecule has 1 saturated heterocycles. The van der Waals surface area contributed by atoms with E-state index in [0.717, 1.165) is 38.9 Å². The zero-order valence-corrected chi connectivity index (χ0v) is 11.3. The van der Waals surface area contributed by atoms with Gasteiger partial charge in [0.25, 0.3) is 0 Å². The van der Waals surface area contributed by atoms with Crippen molar-refractivity contribution in [3.63, 3.8) is 0 Å². The molecule has 1 atom stereocenters. The number of amides is 1. The standard InChI is InChI=1S/C13H26N2O2/c1-11(2)5-8-15-12(16)9-17-13(3)6-4-7-14-10-13/h11,14H,4-10H2,1-3H3,(H,15,16). The molecule has 4 heteroatoms. The minimum absolute atomic E-state index is 0.00236. The van der Waals surface area contributed by atoms with E-state index >= 15 is 0 Å². The zero-order valence-electron chi connectivity index (χ0n) is 11.3. The van der Waals surface area contributed by atoms with Crippen LogP contribution in [0.3, 0.4) is 0 Å². The average molecular weight is 242 g/mol. The van der Waals surface area contributed by atoms with Crippen LogP contribution in [0.1, 0.15) is 40.0 Å². The van der Waals surface area contributed by atoms with Crippen molar-refractivity contribution in [1.29, 1.82) is 0 Å². The molecule has 1 amide bonds. The van der Waals surface area contributed by atoms with Crippen molar-refractivity contribution >= 4 is 5.91 Å². The third-order valence-electron chi connectivity index (χ3n) is 3.15. The van der Waals surface area contributed by atoms with Gasteiger partial charge in [-0.15, -0.1) is 0 Å². The number of rotatable bonds is 6. The molecule has 1 aliphatic rings. The number of piperidine rings is 1. The van der Waals surface area contributed by atoms with E-state index in [1.165, 1.54) is 0 Å². The molecule has 1 unspecified atom stereocenters. The molecule has 0 aromatic carbocycles. The van der Waals surface area contributed by atoms with Gasteiger partial charge in [-0.3, -0.25) is 4.79 Å². The second-order valence-electron chi connectivity index (χ2n) is 5.55. The molecule has 1 aliphatic heterocycles. The Labute approximate surface area is 104 Å². The predicted octanol–water partition coefficient (Wildman–Crippen LogP) is 1.31. The van der Waals surface area contributed by atoms with E-state index in [0.29, 0.717) is 5.92 Å². The number of nitrogens with one attached hydrogen (secondary N) is 2. The van der Waals surface area contributed by atoms with Gasteiger partial charge in [-0.05, 0) is 38.6 Å². The van der Waals surface area contributed by atoms with Gasteiger partial charge in [0.05, 0.1) is 5.60 Å². The average Bonchev–Trinajstić information content (AvgIpc) is 2.27. The number of carbonyl (C=O) groups is 1. The van der Waals surface area contributed by atoms with Crippen LogP contribution in [0.5, 0.6) is 0 Å². The van der Waals surface area contributed by atoms with Crippen molar-refractivity contribution in [2.24, 2.45) is 5.92 Å². The zero-order chi connectivity index (χ0) is 12.7. The molecule has 1 fully saturated rings. The largest absolute Gasteiger partial charge is 0.364 e. The van der Waals surface area contributed by atoms with E-state index in [4.69, 9.17) is 4.74 Å². The lowest BCUT2D eigenvalue weighted by molar-refractivity contribution is -0.133. The fourth-order valence-corrected chi connectivity index (χ4v) is 1.94. The van der Waals surface area contributed by atoms with E-state index in [9.17, 15) is 4.79 Å². The summed E-state index contributed by atoms with van der Waals surface area (Å²) < 4.78 is 5.72. The number of hydrogen-bond acceptors (Lipinski definition) is 3. The Morgan fingerprint density at radius 3 is 2.88 bits per heavy atom. The summed E-state index contributed by atoms with van der Waals surface area (Å²) in [5, 5.41) is 6.19. The van der Waals surface area contributed by atoms with Gasteiger partial charge in [0.1, 0.15) is 6.61 Å². The summed E-state index contributed by atoms with van der Waals surface area (Å²) in [7, 11) is 0. The number of carbonyl (C=O) groups excluding carboxylic acids is 1. The molecular weight excluding hydrogens is 216 g/mol. The van der Waals surface area contributed by atoms with Crippen molar-refractivity contribution in [2.75, 3.05) is 26.2 Å². The molecule has 0 radical (unpaired) electrons. The lowest BCUT2D eigenvalue weighted by Gasteiger charge is -2.33. The number of hydrogen-bond donors (Lipinski definition) is 2. The SMILES string of the molecule is CC(C)CCNC(=O)COC1(C)CCCNC1. The van der Waals surface area contributed by atoms with Gasteiger partial charge in [0, 0.05) is 13.1 Å². The number of ether oxygens (including phenoxy) is 1. The Hall–Kier alpha value is -0.610. The van der Waals surface area contributed by atoms with Crippen molar-refractivity contribution in [2.45, 2.75) is 45.6 Å². The van der Waals surface area contributed by atoms with E-state index in [2.05, 4.69) is 31.4 Å². The summed E-state index contributed by atoms with van der Waals surface area (Å²) in [5.74, 6) is 0.619. The van der Waals surface area contributed by atoms with Crippen LogP contribution in [0, 0.1) is 5.92 Å². The molecule has 100 valence electrons. The maximum Gasteiger partial charge on any atom is 0.246 e. The first-order valence-corrected chi connectivity index (χ1v) is 6.63. The molecule has 17 heavy (non-hydrogen) atoms. The normalized spacial score (nSPS) is 24.9. The monoisotopic (exact) mass is 242 g/mol. The third kappa shape index (κ3) is 6.03. The second kappa shape index (κ2) is 6.97. The Balaban J connectivity index is 2.14. The highest BCUT2D eigenvalue weighted by molar-refractivity contribution is 5.77. The van der Waals surface area contributed by atoms with Gasteiger partial charge in [-0.25, -0.2) is 0 Å². The fraction of sp³-hybridized carbons (Fsp3) is 0.923. The van der Waals surface area contributed by atoms with Gasteiger partial charge >= 0.3 is 0 Å². The summed E-state index contributed by atoms with van der Waals surface area (Å²) in [6.07, 6.45) is 3.16. The van der Waals surface area contributed by atoms with Crippen LogP contribution in [0.25, 0.3) is 0 Å². The van der Waals surface area contributed by atoms with Crippen molar-refractivity contribution in [3.05, 3.63) is 0 Å². The summed E-state index contributed by atoms with van der Waals surface area (Å²) >= 11 is 0. The first-order chi connectivity index (χ1) is 8.02. The summed E-state index contributed by atoms with van der Waals surface area (Å²) in [4.78, 5) is 11.6. The van der Waals surface area contributed by atoms with Crippen LogP contribution < -0.4 is 10.6 Å². The van der Waals surface area contributed by atoms with Crippen molar-refractivity contribution < 1.29 is 9.53 Å². The van der Waals surface area contributed by atoms with E-state index < -0.39 is 0 Å². The second-order valence-corrected chi connectivity index (χ2v) is 5.55. The van der Waals surface area contributed by atoms with Gasteiger partial charge in [0.2, 0.25) is 5.91 Å². The van der Waals surface area contributed by atoms with Crippen LogP contribution in [0.15, 0.2) is 0 Å². The van der Waals surface area contributed by atoms with Crippen LogP contribution in [0.2, 0.25) is 0 Å². The molecule has 1 heterocycles. The molecule has 0 aromatic rings. The molecule has 1 rings (SSSR count). The van der Waals surface area contributed by atoms with Gasteiger partial charge < -0.3 is 15.4 Å². The van der Waals surface area contributed by atoms with Crippen LogP contribution in [0.4, 0.5) is 0 Å². The molecule has 0 aromatic heterocycles. The quantitative estimate of drug-likeness (QED) is 0.738. The molecule has 0 aliphatic carbocycles. The van der Waals surface area contributed by atoms with E-state index in [-0.39, 0.29) is 18.1 Å². The van der Waals surface area contributed by atoms with Gasteiger partial charge in [0.15, 0.2) is 0 Å². The molecule has 0 bridgehead atoms. The van der Waals surface area contributed by atoms with E-state index in [1.54, 1.807) is 0 Å². The summed E-state index contributed by atoms with van der Waals surface area (Å²) in [6, 6.07) is 0. The minimum Gasteiger partial charge on any atom is -0.364 e. The Morgan fingerprint density at radius 1 is 1.53 bits per heavy atom. The highest BCUT2D eigenvalue weighted by atomic mass is 16.5. The highest BCUT2D eigenvalue weighted by Crippen LogP contribution is 2.19. The molecule has 0 saturated carbocycles. The predicted molar refractivity (Wildman–Crippen MR) is 68.9 cm³/mol. The van der Waals surface area contributed by atoms with Crippen molar-refractivity contribution in [3.8, 4) is 0 Å². The minimum atomic E-state index is -0.173. The maximum absolute atomic E-state index is 11.6. The van der Waals surface area contributed by atoms with Crippen LogP contribution in [-0.2, 0) is 9.53 Å². The topological polar surface area (TPSA) is 50.4 Å². The summed E-state index contributed by atoms with van der Waals surface area (Å²) in [6.45, 7) is 9.19. The fourth-order valence-electron chi connectivity index (χ4n) is 1.94. The maximum atomic E-state index is 11.6. The van der Waals surface area contributed by atoms with Crippen LogP contribution in [-0.4, -0.2) is 37.7 Å². The first-order valence-electron chi connectivity index (χ1n) is 6.63. The van der Waals surface area contributed by atoms with E-state index in [1.807, 2.05) is 0 Å². The summed E-state index contributed by atoms with van der Waals surface area (Å²) in [5.41, 5.74) is -0.173. The van der Waals surface area contributed by atoms with Gasteiger partial charge in [-0.2, -0.15) is 0 Å². The van der Waals surface area contributed by atoms with Gasteiger partial charge in [-0.1, -0.05) is 13.8 Å². The smallest absolute Gasteiger partial charge is 0.246 e. The van der Waals surface area contributed by atoms with Crippen LogP contribution >= 0.6 is 0 Å². The Kier molecular flexibility index (Phi) is 5.92. The molecular formula is C13H26N2O2. The molecule has 0 spiro atoms.